The van der Waals surface area contributed by atoms with E-state index in [4.69, 9.17) is 19.9 Å². The molecule has 2 heterocycles. The molecule has 2 N–H and O–H groups in total. The van der Waals surface area contributed by atoms with Crippen LogP contribution in [0.4, 0.5) is 10.6 Å². The van der Waals surface area contributed by atoms with Crippen LogP contribution in [0, 0.1) is 6.92 Å². The van der Waals surface area contributed by atoms with E-state index < -0.39 is 22.5 Å². The van der Waals surface area contributed by atoms with E-state index >= 15 is 0 Å². The lowest BCUT2D eigenvalue weighted by Gasteiger charge is -2.31. The molecule has 0 spiro atoms. The summed E-state index contributed by atoms with van der Waals surface area (Å²) in [7, 11) is -2.59. The molecule has 0 bridgehead atoms. The van der Waals surface area contributed by atoms with Crippen LogP contribution in [-0.2, 0) is 24.2 Å². The number of aromatic nitrogens is 1. The molecule has 170 valence electrons. The third-order valence-electron chi connectivity index (χ3n) is 4.46. The quantitative estimate of drug-likeness (QED) is 0.301. The number of rotatable bonds is 6. The normalized spacial score (nSPS) is 16.2. The molecule has 0 saturated carbocycles. The van der Waals surface area contributed by atoms with Gasteiger partial charge in [-0.1, -0.05) is 18.2 Å². The molecular formula is C21H24N4O6S. The van der Waals surface area contributed by atoms with Crippen molar-refractivity contribution in [3.63, 3.8) is 0 Å². The lowest BCUT2D eigenvalue weighted by molar-refractivity contribution is -0.0668. The highest BCUT2D eigenvalue weighted by Gasteiger charge is 2.38. The number of amidine groups is 1. The maximum Gasteiger partial charge on any atom is 0.511 e. The average molecular weight is 461 g/mol. The molecule has 1 atom stereocenters. The van der Waals surface area contributed by atoms with Gasteiger partial charge in [0.1, 0.15) is 5.70 Å². The zero-order valence-corrected chi connectivity index (χ0v) is 18.9. The number of likely N-dealkylation sites (N-methyl/N-ethyl adjacent to an activating group) is 1. The number of carbonyl (C=O) groups is 1. The van der Waals surface area contributed by atoms with Gasteiger partial charge in [-0.3, -0.25) is 4.31 Å². The van der Waals surface area contributed by atoms with Gasteiger partial charge in [-0.25, -0.2) is 23.2 Å². The van der Waals surface area contributed by atoms with Crippen LogP contribution in [0.25, 0.3) is 5.76 Å². The predicted molar refractivity (Wildman–Crippen MR) is 117 cm³/mol. The lowest BCUT2D eigenvalue weighted by Crippen LogP contribution is -2.38. The Morgan fingerprint density at radius 1 is 1.22 bits per heavy atom. The predicted octanol–water partition coefficient (Wildman–Crippen LogP) is 2.92. The molecule has 0 fully saturated rings. The Bertz CT molecular complexity index is 1190. The summed E-state index contributed by atoms with van der Waals surface area (Å²) in [4.78, 5) is 20.3. The molecule has 11 heteroatoms. The monoisotopic (exact) mass is 460 g/mol. The van der Waals surface area contributed by atoms with E-state index in [0.29, 0.717) is 5.82 Å². The molecule has 0 radical (unpaired) electrons. The topological polar surface area (TPSA) is 133 Å². The van der Waals surface area contributed by atoms with Gasteiger partial charge in [0.25, 0.3) is 10.0 Å². The number of pyridine rings is 1. The van der Waals surface area contributed by atoms with Crippen molar-refractivity contribution in [1.82, 2.24) is 9.29 Å². The van der Waals surface area contributed by atoms with E-state index in [9.17, 15) is 13.2 Å². The summed E-state index contributed by atoms with van der Waals surface area (Å²) in [6.45, 7) is 5.04. The fourth-order valence-corrected chi connectivity index (χ4v) is 4.46. The number of benzene rings is 1. The summed E-state index contributed by atoms with van der Waals surface area (Å²) < 4.78 is 42.9. The fourth-order valence-electron chi connectivity index (χ4n) is 3.06. The maximum atomic E-state index is 13.1. The maximum absolute atomic E-state index is 13.1. The summed E-state index contributed by atoms with van der Waals surface area (Å²) in [6.07, 6.45) is -2.02. The van der Waals surface area contributed by atoms with Gasteiger partial charge in [0, 0.05) is 25.2 Å². The molecule has 1 aliphatic rings. The third-order valence-corrected chi connectivity index (χ3v) is 6.27. The van der Waals surface area contributed by atoms with E-state index in [1.165, 1.54) is 20.0 Å². The second-order valence-electron chi connectivity index (χ2n) is 6.77. The number of nitrogens with two attached hydrogens (primary N) is 1. The SMILES string of the molecule is CCOC(=O)OC(C)OC1=C(C(N)=Nc2cccc(C)n2)N(C)S(=O)(=O)c2ccccc21. The van der Waals surface area contributed by atoms with Gasteiger partial charge >= 0.3 is 6.16 Å². The first-order valence-corrected chi connectivity index (χ1v) is 11.2. The molecule has 1 aliphatic heterocycles. The molecule has 32 heavy (non-hydrogen) atoms. The van der Waals surface area contributed by atoms with Crippen molar-refractivity contribution in [3.8, 4) is 0 Å². The van der Waals surface area contributed by atoms with Crippen LogP contribution in [0.2, 0.25) is 0 Å². The minimum Gasteiger partial charge on any atom is -0.452 e. The van der Waals surface area contributed by atoms with E-state index in [-0.39, 0.29) is 34.4 Å². The summed E-state index contributed by atoms with van der Waals surface area (Å²) >= 11 is 0. The summed E-state index contributed by atoms with van der Waals surface area (Å²) in [5, 5.41) is 0. The zero-order valence-electron chi connectivity index (χ0n) is 18.1. The van der Waals surface area contributed by atoms with Crippen LogP contribution in [0.3, 0.4) is 0 Å². The van der Waals surface area contributed by atoms with Gasteiger partial charge in [-0.15, -0.1) is 0 Å². The van der Waals surface area contributed by atoms with Gasteiger partial charge in [0.15, 0.2) is 17.4 Å². The van der Waals surface area contributed by atoms with Crippen LogP contribution in [0.15, 0.2) is 58.0 Å². The molecule has 0 saturated heterocycles. The number of nitrogens with zero attached hydrogens (tertiary/aromatic N) is 3. The fraction of sp³-hybridized carbons (Fsp3) is 0.286. The Morgan fingerprint density at radius 3 is 2.62 bits per heavy atom. The molecule has 2 aromatic rings. The number of sulfonamides is 1. The van der Waals surface area contributed by atoms with Crippen LogP contribution in [0.5, 0.6) is 0 Å². The molecule has 1 aromatic heterocycles. The Balaban J connectivity index is 2.14. The number of carbonyl (C=O) groups excluding carboxylic acids is 1. The molecule has 1 unspecified atom stereocenters. The number of aryl methyl sites for hydroxylation is 1. The minimum atomic E-state index is -3.93. The summed E-state index contributed by atoms with van der Waals surface area (Å²) in [5.41, 5.74) is 7.22. The highest BCUT2D eigenvalue weighted by atomic mass is 32.2. The molecule has 0 aliphatic carbocycles. The first-order chi connectivity index (χ1) is 15.1. The van der Waals surface area contributed by atoms with Gasteiger partial charge in [-0.05, 0) is 38.1 Å². The van der Waals surface area contributed by atoms with Crippen LogP contribution >= 0.6 is 0 Å². The van der Waals surface area contributed by atoms with Gasteiger partial charge in [0.05, 0.1) is 11.5 Å². The largest absolute Gasteiger partial charge is 0.511 e. The van der Waals surface area contributed by atoms with Gasteiger partial charge in [0.2, 0.25) is 6.29 Å². The third kappa shape index (κ3) is 4.67. The van der Waals surface area contributed by atoms with E-state index in [1.807, 2.05) is 0 Å². The number of fused-ring (bicyclic) bond motifs is 1. The van der Waals surface area contributed by atoms with Crippen LogP contribution < -0.4 is 5.73 Å². The molecule has 10 nitrogen and oxygen atoms in total. The number of aliphatic imine (C=N–C) groups is 1. The van der Waals surface area contributed by atoms with E-state index in [0.717, 1.165) is 10.00 Å². The highest BCUT2D eigenvalue weighted by Crippen LogP contribution is 2.37. The van der Waals surface area contributed by atoms with Crippen LogP contribution in [0.1, 0.15) is 25.1 Å². The summed E-state index contributed by atoms with van der Waals surface area (Å²) in [5.74, 6) is 0.250. The molecule has 3 rings (SSSR count). The van der Waals surface area contributed by atoms with Crippen molar-refractivity contribution in [2.75, 3.05) is 13.7 Å². The van der Waals surface area contributed by atoms with E-state index in [2.05, 4.69) is 9.98 Å². The molecule has 0 amide bonds. The van der Waals surface area contributed by atoms with Crippen molar-refractivity contribution in [2.24, 2.45) is 10.7 Å². The zero-order chi connectivity index (χ0) is 23.5. The van der Waals surface area contributed by atoms with Crippen molar-refractivity contribution >= 4 is 33.6 Å². The standard InChI is InChI=1S/C21H24N4O6S/c1-5-29-21(26)31-14(3)30-19-15-10-6-7-11-16(15)32(27,28)25(4)18(19)20(22)24-17-12-8-9-13(2)23-17/h6-12,14H,5H2,1-4H3,(H2,22,23,24). The Kier molecular flexibility index (Phi) is 6.68. The van der Waals surface area contributed by atoms with Crippen LogP contribution in [-0.4, -0.2) is 49.6 Å². The Labute approximate surface area is 186 Å². The minimum absolute atomic E-state index is 0.00804. The number of ether oxygens (including phenoxy) is 3. The Morgan fingerprint density at radius 2 is 1.94 bits per heavy atom. The second-order valence-corrected chi connectivity index (χ2v) is 8.70. The smallest absolute Gasteiger partial charge is 0.452 e. The molecule has 1 aromatic carbocycles. The number of hydrogen-bond donors (Lipinski definition) is 1. The first-order valence-electron chi connectivity index (χ1n) is 9.76. The second kappa shape index (κ2) is 9.27. The average Bonchev–Trinajstić information content (AvgIpc) is 2.72. The van der Waals surface area contributed by atoms with Crippen molar-refractivity contribution in [3.05, 3.63) is 59.4 Å². The highest BCUT2D eigenvalue weighted by molar-refractivity contribution is 7.89. The van der Waals surface area contributed by atoms with Gasteiger partial charge < -0.3 is 19.9 Å². The van der Waals surface area contributed by atoms with E-state index in [1.54, 1.807) is 50.2 Å². The van der Waals surface area contributed by atoms with Crippen molar-refractivity contribution in [2.45, 2.75) is 32.0 Å². The number of hydrogen-bond acceptors (Lipinski definition) is 8. The first kappa shape index (κ1) is 23.1. The Hall–Kier alpha value is -3.60. The van der Waals surface area contributed by atoms with Crippen molar-refractivity contribution in [1.29, 1.82) is 0 Å². The van der Waals surface area contributed by atoms with Crippen molar-refractivity contribution < 1.29 is 27.4 Å². The van der Waals surface area contributed by atoms with Gasteiger partial charge in [-0.2, -0.15) is 0 Å². The molecular weight excluding hydrogens is 436 g/mol. The summed E-state index contributed by atoms with van der Waals surface area (Å²) in [6, 6.07) is 11.5. The lowest BCUT2D eigenvalue weighted by atomic mass is 10.1.